The van der Waals surface area contributed by atoms with Gasteiger partial charge in [0, 0.05) is 12.2 Å². The van der Waals surface area contributed by atoms with E-state index in [2.05, 4.69) is 0 Å². The SMILES string of the molecule is Nc1ccc(OCC(=O)N2CCCCC2CO)cc1. The van der Waals surface area contributed by atoms with Gasteiger partial charge < -0.3 is 20.5 Å². The number of amides is 1. The van der Waals surface area contributed by atoms with Crippen LogP contribution in [0.4, 0.5) is 5.69 Å². The summed E-state index contributed by atoms with van der Waals surface area (Å²) in [6, 6.07) is 6.88. The van der Waals surface area contributed by atoms with Crippen LogP contribution in [0, 0.1) is 0 Å². The van der Waals surface area contributed by atoms with Crippen molar-refractivity contribution in [3.8, 4) is 5.75 Å². The molecule has 5 nitrogen and oxygen atoms in total. The Balaban J connectivity index is 1.87. The first-order valence-corrected chi connectivity index (χ1v) is 6.59. The van der Waals surface area contributed by atoms with Gasteiger partial charge in [-0.05, 0) is 43.5 Å². The Kier molecular flexibility index (Phi) is 4.63. The topological polar surface area (TPSA) is 75.8 Å². The number of aliphatic hydroxyl groups excluding tert-OH is 1. The third-order valence-electron chi connectivity index (χ3n) is 3.40. The third kappa shape index (κ3) is 3.61. The molecule has 1 aromatic rings. The number of carbonyl (C=O) groups excluding carboxylic acids is 1. The molecule has 2 rings (SSSR count). The molecule has 0 bridgehead atoms. The summed E-state index contributed by atoms with van der Waals surface area (Å²) in [5, 5.41) is 9.28. The summed E-state index contributed by atoms with van der Waals surface area (Å²) < 4.78 is 5.44. The minimum absolute atomic E-state index is 0.000415. The van der Waals surface area contributed by atoms with Crippen LogP contribution in [-0.4, -0.2) is 41.7 Å². The number of aliphatic hydroxyl groups is 1. The molecule has 1 aliphatic rings. The van der Waals surface area contributed by atoms with Crippen LogP contribution in [-0.2, 0) is 4.79 Å². The fourth-order valence-electron chi connectivity index (χ4n) is 2.31. The first-order valence-electron chi connectivity index (χ1n) is 6.59. The van der Waals surface area contributed by atoms with E-state index in [4.69, 9.17) is 10.5 Å². The van der Waals surface area contributed by atoms with Gasteiger partial charge in [-0.2, -0.15) is 0 Å². The van der Waals surface area contributed by atoms with E-state index in [0.29, 0.717) is 18.0 Å². The lowest BCUT2D eigenvalue weighted by atomic mass is 10.0. The van der Waals surface area contributed by atoms with Gasteiger partial charge in [-0.1, -0.05) is 0 Å². The Bertz CT molecular complexity index is 419. The zero-order valence-corrected chi connectivity index (χ0v) is 10.9. The van der Waals surface area contributed by atoms with Crippen molar-refractivity contribution in [1.82, 2.24) is 4.90 Å². The molecule has 1 atom stereocenters. The normalized spacial score (nSPS) is 19.2. The van der Waals surface area contributed by atoms with Crippen LogP contribution < -0.4 is 10.5 Å². The molecular formula is C14H20N2O3. The predicted octanol–water partition coefficient (Wildman–Crippen LogP) is 1.02. The van der Waals surface area contributed by atoms with Gasteiger partial charge in [0.25, 0.3) is 5.91 Å². The number of benzene rings is 1. The van der Waals surface area contributed by atoms with E-state index in [-0.39, 0.29) is 25.2 Å². The summed E-state index contributed by atoms with van der Waals surface area (Å²) in [5.41, 5.74) is 6.24. The average molecular weight is 264 g/mol. The monoisotopic (exact) mass is 264 g/mol. The van der Waals surface area contributed by atoms with Gasteiger partial charge in [0.05, 0.1) is 12.6 Å². The minimum atomic E-state index is -0.0735. The molecule has 0 aromatic heterocycles. The van der Waals surface area contributed by atoms with Gasteiger partial charge in [0.15, 0.2) is 6.61 Å². The lowest BCUT2D eigenvalue weighted by molar-refractivity contribution is -0.138. The zero-order valence-electron chi connectivity index (χ0n) is 10.9. The number of ether oxygens (including phenoxy) is 1. The number of anilines is 1. The van der Waals surface area contributed by atoms with E-state index < -0.39 is 0 Å². The molecule has 1 saturated heterocycles. The molecule has 104 valence electrons. The second-order valence-electron chi connectivity index (χ2n) is 4.78. The molecule has 3 N–H and O–H groups in total. The molecule has 19 heavy (non-hydrogen) atoms. The molecule has 0 aliphatic carbocycles. The largest absolute Gasteiger partial charge is 0.484 e. The number of nitrogens with two attached hydrogens (primary N) is 1. The number of hydrogen-bond acceptors (Lipinski definition) is 4. The number of piperidine rings is 1. The van der Waals surface area contributed by atoms with Gasteiger partial charge in [-0.15, -0.1) is 0 Å². The molecule has 1 heterocycles. The van der Waals surface area contributed by atoms with E-state index in [1.54, 1.807) is 29.2 Å². The lowest BCUT2D eigenvalue weighted by Crippen LogP contribution is -2.47. The molecule has 0 spiro atoms. The van der Waals surface area contributed by atoms with Gasteiger partial charge in [0.2, 0.25) is 0 Å². The van der Waals surface area contributed by atoms with Crippen LogP contribution in [0.2, 0.25) is 0 Å². The van der Waals surface area contributed by atoms with Crippen LogP contribution in [0.5, 0.6) is 5.75 Å². The Labute approximate surface area is 113 Å². The highest BCUT2D eigenvalue weighted by Gasteiger charge is 2.26. The van der Waals surface area contributed by atoms with Crippen LogP contribution in [0.3, 0.4) is 0 Å². The van der Waals surface area contributed by atoms with Crippen molar-refractivity contribution < 1.29 is 14.6 Å². The number of rotatable bonds is 4. The quantitative estimate of drug-likeness (QED) is 0.796. The second kappa shape index (κ2) is 6.43. The highest BCUT2D eigenvalue weighted by Crippen LogP contribution is 2.18. The molecule has 1 amide bonds. The van der Waals surface area contributed by atoms with Gasteiger partial charge in [0.1, 0.15) is 5.75 Å². The van der Waals surface area contributed by atoms with E-state index in [1.165, 1.54) is 0 Å². The summed E-state index contributed by atoms with van der Waals surface area (Å²) >= 11 is 0. The maximum atomic E-state index is 12.1. The van der Waals surface area contributed by atoms with Crippen molar-refractivity contribution in [3.63, 3.8) is 0 Å². The van der Waals surface area contributed by atoms with Crippen molar-refractivity contribution in [2.45, 2.75) is 25.3 Å². The molecule has 1 unspecified atom stereocenters. The van der Waals surface area contributed by atoms with Crippen molar-refractivity contribution in [2.75, 3.05) is 25.5 Å². The van der Waals surface area contributed by atoms with Gasteiger partial charge >= 0.3 is 0 Å². The average Bonchev–Trinajstić information content (AvgIpc) is 2.46. The van der Waals surface area contributed by atoms with Crippen molar-refractivity contribution in [3.05, 3.63) is 24.3 Å². The molecule has 5 heteroatoms. The Morgan fingerprint density at radius 1 is 1.37 bits per heavy atom. The van der Waals surface area contributed by atoms with Crippen LogP contribution in [0.25, 0.3) is 0 Å². The first kappa shape index (κ1) is 13.7. The minimum Gasteiger partial charge on any atom is -0.484 e. The molecule has 1 aromatic carbocycles. The molecular weight excluding hydrogens is 244 g/mol. The standard InChI is InChI=1S/C14H20N2O3/c15-11-4-6-13(7-5-11)19-10-14(18)16-8-2-1-3-12(16)9-17/h4-7,12,17H,1-3,8-10,15H2. The number of nitrogens with zero attached hydrogens (tertiary/aromatic N) is 1. The number of likely N-dealkylation sites (tertiary alicyclic amines) is 1. The Morgan fingerprint density at radius 2 is 2.11 bits per heavy atom. The van der Waals surface area contributed by atoms with Crippen molar-refractivity contribution in [1.29, 1.82) is 0 Å². The van der Waals surface area contributed by atoms with Gasteiger partial charge in [-0.25, -0.2) is 0 Å². The predicted molar refractivity (Wildman–Crippen MR) is 72.8 cm³/mol. The lowest BCUT2D eigenvalue weighted by Gasteiger charge is -2.34. The van der Waals surface area contributed by atoms with E-state index in [1.807, 2.05) is 0 Å². The van der Waals surface area contributed by atoms with E-state index >= 15 is 0 Å². The van der Waals surface area contributed by atoms with Crippen molar-refractivity contribution >= 4 is 11.6 Å². The summed E-state index contributed by atoms with van der Waals surface area (Å²) in [7, 11) is 0. The van der Waals surface area contributed by atoms with Crippen LogP contribution in [0.1, 0.15) is 19.3 Å². The smallest absolute Gasteiger partial charge is 0.260 e. The first-order chi connectivity index (χ1) is 9.20. The molecule has 0 saturated carbocycles. The summed E-state index contributed by atoms with van der Waals surface area (Å²) in [6.07, 6.45) is 2.92. The molecule has 0 radical (unpaired) electrons. The van der Waals surface area contributed by atoms with Gasteiger partial charge in [-0.3, -0.25) is 4.79 Å². The highest BCUT2D eigenvalue weighted by molar-refractivity contribution is 5.78. The van der Waals surface area contributed by atoms with Crippen LogP contribution >= 0.6 is 0 Å². The third-order valence-corrected chi connectivity index (χ3v) is 3.40. The zero-order chi connectivity index (χ0) is 13.7. The fraction of sp³-hybridized carbons (Fsp3) is 0.500. The fourth-order valence-corrected chi connectivity index (χ4v) is 2.31. The maximum absolute atomic E-state index is 12.1. The van der Waals surface area contributed by atoms with E-state index in [0.717, 1.165) is 19.3 Å². The number of carbonyl (C=O) groups is 1. The van der Waals surface area contributed by atoms with Crippen LogP contribution in [0.15, 0.2) is 24.3 Å². The van der Waals surface area contributed by atoms with E-state index in [9.17, 15) is 9.90 Å². The Hall–Kier alpha value is -1.75. The maximum Gasteiger partial charge on any atom is 0.260 e. The number of nitrogen functional groups attached to an aromatic ring is 1. The second-order valence-corrected chi connectivity index (χ2v) is 4.78. The summed E-state index contributed by atoms with van der Waals surface area (Å²) in [5.74, 6) is 0.552. The highest BCUT2D eigenvalue weighted by atomic mass is 16.5. The van der Waals surface area contributed by atoms with Crippen molar-refractivity contribution in [2.24, 2.45) is 0 Å². The Morgan fingerprint density at radius 3 is 2.79 bits per heavy atom. The number of hydrogen-bond donors (Lipinski definition) is 2. The molecule has 1 fully saturated rings. The molecule has 1 aliphatic heterocycles. The summed E-state index contributed by atoms with van der Waals surface area (Å²) in [6.45, 7) is 0.725. The summed E-state index contributed by atoms with van der Waals surface area (Å²) in [4.78, 5) is 13.8.